The Hall–Kier alpha value is -1.42. The topological polar surface area (TPSA) is 50.5 Å². The summed E-state index contributed by atoms with van der Waals surface area (Å²) in [5.74, 6) is 1.57. The fourth-order valence-corrected chi connectivity index (χ4v) is 2.43. The molecule has 0 spiro atoms. The van der Waals surface area contributed by atoms with Crippen LogP contribution in [0.25, 0.3) is 0 Å². The Balaban J connectivity index is 1.92. The van der Waals surface area contributed by atoms with Gasteiger partial charge in [0.15, 0.2) is 0 Å². The van der Waals surface area contributed by atoms with Crippen molar-refractivity contribution >= 4 is 11.4 Å². The quantitative estimate of drug-likeness (QED) is 0.784. The van der Waals surface area contributed by atoms with Crippen molar-refractivity contribution in [2.45, 2.75) is 13.3 Å². The van der Waals surface area contributed by atoms with Crippen molar-refractivity contribution in [3.63, 3.8) is 0 Å². The van der Waals surface area contributed by atoms with E-state index in [2.05, 4.69) is 17.3 Å². The van der Waals surface area contributed by atoms with Crippen LogP contribution in [0.5, 0.6) is 5.75 Å². The second kappa shape index (κ2) is 5.96. The van der Waals surface area contributed by atoms with Crippen molar-refractivity contribution in [3.8, 4) is 5.75 Å². The summed E-state index contributed by atoms with van der Waals surface area (Å²) in [6.07, 6.45) is 1.27. The molecule has 0 aliphatic carbocycles. The first-order valence-corrected chi connectivity index (χ1v) is 6.63. The standard InChI is InChI=1S/C14H23N3O/c1-3-18-14-7-12(15)6-13(8-14)16-9-11-4-5-17(2)10-11/h6-8,11,16H,3-5,9-10,15H2,1-2H3. The highest BCUT2D eigenvalue weighted by atomic mass is 16.5. The van der Waals surface area contributed by atoms with E-state index in [4.69, 9.17) is 10.5 Å². The molecule has 4 nitrogen and oxygen atoms in total. The minimum atomic E-state index is 0.663. The first kappa shape index (κ1) is 13.0. The van der Waals surface area contributed by atoms with Crippen molar-refractivity contribution < 1.29 is 4.74 Å². The van der Waals surface area contributed by atoms with E-state index in [0.29, 0.717) is 6.61 Å². The van der Waals surface area contributed by atoms with Gasteiger partial charge in [-0.2, -0.15) is 0 Å². The fraction of sp³-hybridized carbons (Fsp3) is 0.571. The van der Waals surface area contributed by atoms with E-state index in [1.165, 1.54) is 19.5 Å². The minimum absolute atomic E-state index is 0.663. The molecular formula is C14H23N3O. The summed E-state index contributed by atoms with van der Waals surface area (Å²) in [6, 6.07) is 5.83. The summed E-state index contributed by atoms with van der Waals surface area (Å²) < 4.78 is 5.49. The highest BCUT2D eigenvalue weighted by molar-refractivity contribution is 5.59. The molecule has 1 aromatic rings. The highest BCUT2D eigenvalue weighted by Gasteiger charge is 2.18. The normalized spacial score (nSPS) is 20.0. The summed E-state index contributed by atoms with van der Waals surface area (Å²) in [4.78, 5) is 2.37. The molecule has 0 aromatic heterocycles. The van der Waals surface area contributed by atoms with Crippen LogP contribution in [0.3, 0.4) is 0 Å². The van der Waals surface area contributed by atoms with Crippen LogP contribution < -0.4 is 15.8 Å². The third-order valence-corrected chi connectivity index (χ3v) is 3.32. The lowest BCUT2D eigenvalue weighted by molar-refractivity contribution is 0.340. The van der Waals surface area contributed by atoms with Crippen molar-refractivity contribution in [2.75, 3.05) is 44.3 Å². The van der Waals surface area contributed by atoms with Gasteiger partial charge < -0.3 is 20.7 Å². The molecule has 0 saturated carbocycles. The summed E-state index contributed by atoms with van der Waals surface area (Å²) in [7, 11) is 2.17. The molecule has 1 aromatic carbocycles. The van der Waals surface area contributed by atoms with Gasteiger partial charge in [0, 0.05) is 36.6 Å². The summed E-state index contributed by atoms with van der Waals surface area (Å²) in [6.45, 7) is 6.02. The maximum absolute atomic E-state index is 5.87. The first-order valence-electron chi connectivity index (χ1n) is 6.63. The van der Waals surface area contributed by atoms with Gasteiger partial charge in [-0.05, 0) is 38.9 Å². The predicted molar refractivity (Wildman–Crippen MR) is 76.1 cm³/mol. The summed E-state index contributed by atoms with van der Waals surface area (Å²) >= 11 is 0. The Labute approximate surface area is 109 Å². The van der Waals surface area contributed by atoms with Gasteiger partial charge in [0.1, 0.15) is 5.75 Å². The fourth-order valence-electron chi connectivity index (χ4n) is 2.43. The third kappa shape index (κ3) is 3.53. The van der Waals surface area contributed by atoms with Crippen LogP contribution in [-0.2, 0) is 0 Å². The predicted octanol–water partition coefficient (Wildman–Crippen LogP) is 2.03. The minimum Gasteiger partial charge on any atom is -0.494 e. The average Bonchev–Trinajstić information content (AvgIpc) is 2.72. The van der Waals surface area contributed by atoms with Crippen LogP contribution in [0.4, 0.5) is 11.4 Å². The molecule has 1 fully saturated rings. The van der Waals surface area contributed by atoms with Crippen molar-refractivity contribution in [2.24, 2.45) is 5.92 Å². The van der Waals surface area contributed by atoms with Crippen molar-refractivity contribution in [3.05, 3.63) is 18.2 Å². The van der Waals surface area contributed by atoms with E-state index in [1.807, 2.05) is 25.1 Å². The number of rotatable bonds is 5. The van der Waals surface area contributed by atoms with Crippen LogP contribution in [0, 0.1) is 5.92 Å². The summed E-state index contributed by atoms with van der Waals surface area (Å²) in [5, 5.41) is 3.46. The molecule has 0 radical (unpaired) electrons. The number of ether oxygens (including phenoxy) is 1. The van der Waals surface area contributed by atoms with Gasteiger partial charge in [0.2, 0.25) is 0 Å². The van der Waals surface area contributed by atoms with Gasteiger partial charge in [-0.1, -0.05) is 0 Å². The molecule has 1 atom stereocenters. The van der Waals surface area contributed by atoms with Crippen LogP contribution in [0.1, 0.15) is 13.3 Å². The molecule has 100 valence electrons. The average molecular weight is 249 g/mol. The zero-order valence-corrected chi connectivity index (χ0v) is 11.3. The lowest BCUT2D eigenvalue weighted by Gasteiger charge is -2.14. The molecular weight excluding hydrogens is 226 g/mol. The van der Waals surface area contributed by atoms with Gasteiger partial charge in [-0.3, -0.25) is 0 Å². The van der Waals surface area contributed by atoms with Crippen molar-refractivity contribution in [1.29, 1.82) is 0 Å². The first-order chi connectivity index (χ1) is 8.67. The van der Waals surface area contributed by atoms with E-state index in [9.17, 15) is 0 Å². The second-order valence-corrected chi connectivity index (χ2v) is 5.02. The monoisotopic (exact) mass is 249 g/mol. The smallest absolute Gasteiger partial charge is 0.123 e. The number of nitrogen functional groups attached to an aromatic ring is 1. The molecule has 1 heterocycles. The number of hydrogen-bond acceptors (Lipinski definition) is 4. The lowest BCUT2D eigenvalue weighted by Crippen LogP contribution is -2.19. The number of nitrogens with two attached hydrogens (primary N) is 1. The van der Waals surface area contributed by atoms with Gasteiger partial charge in [0.25, 0.3) is 0 Å². The van der Waals surface area contributed by atoms with Crippen LogP contribution in [0.15, 0.2) is 18.2 Å². The zero-order chi connectivity index (χ0) is 13.0. The van der Waals surface area contributed by atoms with E-state index in [0.717, 1.165) is 29.6 Å². The van der Waals surface area contributed by atoms with E-state index >= 15 is 0 Å². The number of nitrogens with zero attached hydrogens (tertiary/aromatic N) is 1. The van der Waals surface area contributed by atoms with Gasteiger partial charge in [-0.25, -0.2) is 0 Å². The molecule has 1 saturated heterocycles. The molecule has 1 aliphatic heterocycles. The molecule has 1 aliphatic rings. The Morgan fingerprint density at radius 3 is 2.94 bits per heavy atom. The molecule has 0 bridgehead atoms. The number of likely N-dealkylation sites (tertiary alicyclic amines) is 1. The van der Waals surface area contributed by atoms with E-state index < -0.39 is 0 Å². The Morgan fingerprint density at radius 2 is 2.28 bits per heavy atom. The largest absolute Gasteiger partial charge is 0.494 e. The second-order valence-electron chi connectivity index (χ2n) is 5.02. The SMILES string of the molecule is CCOc1cc(N)cc(NCC2CCN(C)C2)c1. The molecule has 3 N–H and O–H groups in total. The number of nitrogens with one attached hydrogen (secondary N) is 1. The Bertz CT molecular complexity index is 395. The summed E-state index contributed by atoms with van der Waals surface area (Å²) in [5.41, 5.74) is 7.66. The molecule has 1 unspecified atom stereocenters. The van der Waals surface area contributed by atoms with E-state index in [-0.39, 0.29) is 0 Å². The third-order valence-electron chi connectivity index (χ3n) is 3.32. The van der Waals surface area contributed by atoms with Gasteiger partial charge in [-0.15, -0.1) is 0 Å². The number of benzene rings is 1. The van der Waals surface area contributed by atoms with Gasteiger partial charge in [0.05, 0.1) is 6.61 Å². The van der Waals surface area contributed by atoms with Crippen molar-refractivity contribution in [1.82, 2.24) is 4.90 Å². The van der Waals surface area contributed by atoms with Crippen LogP contribution in [-0.4, -0.2) is 38.2 Å². The maximum atomic E-state index is 5.87. The van der Waals surface area contributed by atoms with E-state index in [1.54, 1.807) is 0 Å². The van der Waals surface area contributed by atoms with Gasteiger partial charge >= 0.3 is 0 Å². The van der Waals surface area contributed by atoms with Crippen LogP contribution >= 0.6 is 0 Å². The molecule has 4 heteroatoms. The van der Waals surface area contributed by atoms with Crippen LogP contribution in [0.2, 0.25) is 0 Å². The maximum Gasteiger partial charge on any atom is 0.123 e. The molecule has 2 rings (SSSR count). The number of hydrogen-bond donors (Lipinski definition) is 2. The highest BCUT2D eigenvalue weighted by Crippen LogP contribution is 2.23. The zero-order valence-electron chi connectivity index (χ0n) is 11.3. The number of anilines is 2. The molecule has 18 heavy (non-hydrogen) atoms. The lowest BCUT2D eigenvalue weighted by atomic mass is 10.1. The Kier molecular flexibility index (Phi) is 4.31. The Morgan fingerprint density at radius 1 is 1.44 bits per heavy atom. The molecule has 0 amide bonds.